The molecular formula is C12H9ClF3N3O. The lowest BCUT2D eigenvalue weighted by Crippen LogP contribution is -2.08. The average molecular weight is 304 g/mol. The van der Waals surface area contributed by atoms with Crippen LogP contribution in [0.5, 0.6) is 11.6 Å². The zero-order chi connectivity index (χ0) is 14.8. The monoisotopic (exact) mass is 303 g/mol. The van der Waals surface area contributed by atoms with Crippen LogP contribution in [-0.4, -0.2) is 9.97 Å². The van der Waals surface area contributed by atoms with Gasteiger partial charge < -0.3 is 10.5 Å². The number of nitrogens with two attached hydrogens (primary N) is 1. The van der Waals surface area contributed by atoms with Crippen molar-refractivity contribution in [3.05, 3.63) is 46.9 Å². The van der Waals surface area contributed by atoms with Crippen LogP contribution in [0.2, 0.25) is 5.15 Å². The zero-order valence-corrected chi connectivity index (χ0v) is 10.7. The summed E-state index contributed by atoms with van der Waals surface area (Å²) in [6.07, 6.45) is -3.05. The van der Waals surface area contributed by atoms with E-state index in [1.54, 1.807) is 6.07 Å². The quantitative estimate of drug-likeness (QED) is 0.883. The fourth-order valence-corrected chi connectivity index (χ4v) is 1.55. The largest absolute Gasteiger partial charge is 0.436 e. The summed E-state index contributed by atoms with van der Waals surface area (Å²) in [5.74, 6) is 0.179. The van der Waals surface area contributed by atoms with E-state index in [9.17, 15) is 13.2 Å². The molecule has 0 bridgehead atoms. The predicted octanol–water partition coefficient (Wildman–Crippen LogP) is 3.40. The minimum absolute atomic E-state index is 0.00679. The van der Waals surface area contributed by atoms with Crippen molar-refractivity contribution < 1.29 is 17.9 Å². The first-order valence-electron chi connectivity index (χ1n) is 5.47. The van der Waals surface area contributed by atoms with Gasteiger partial charge in [0, 0.05) is 18.8 Å². The van der Waals surface area contributed by atoms with Gasteiger partial charge in [0.2, 0.25) is 5.88 Å². The Labute approximate surface area is 117 Å². The number of ether oxygens (including phenoxy) is 1. The molecule has 0 aliphatic rings. The van der Waals surface area contributed by atoms with Crippen LogP contribution in [0.25, 0.3) is 0 Å². The number of aromatic nitrogens is 2. The fraction of sp³-hybridized carbons (Fsp3) is 0.167. The normalized spacial score (nSPS) is 11.4. The molecule has 4 nitrogen and oxygen atoms in total. The summed E-state index contributed by atoms with van der Waals surface area (Å²) < 4.78 is 42.5. The standard InChI is InChI=1S/C12H9ClF3N3O/c13-11-8(2-3-9(19-11)12(14,15)16)20-10-4-1-7(5-17)6-18-10/h1-4,6H,5,17H2. The van der Waals surface area contributed by atoms with Gasteiger partial charge in [-0.05, 0) is 17.7 Å². The molecular weight excluding hydrogens is 295 g/mol. The number of pyridine rings is 2. The van der Waals surface area contributed by atoms with Crippen LogP contribution in [0.1, 0.15) is 11.3 Å². The Balaban J connectivity index is 2.21. The van der Waals surface area contributed by atoms with Gasteiger partial charge in [-0.2, -0.15) is 13.2 Å². The van der Waals surface area contributed by atoms with E-state index in [4.69, 9.17) is 22.1 Å². The summed E-state index contributed by atoms with van der Waals surface area (Å²) in [6, 6.07) is 5.11. The summed E-state index contributed by atoms with van der Waals surface area (Å²) >= 11 is 5.66. The Hall–Kier alpha value is -1.86. The first-order valence-corrected chi connectivity index (χ1v) is 5.84. The summed E-state index contributed by atoms with van der Waals surface area (Å²) in [5, 5.41) is -0.385. The van der Waals surface area contributed by atoms with Crippen molar-refractivity contribution in [1.29, 1.82) is 0 Å². The molecule has 0 saturated carbocycles. The van der Waals surface area contributed by atoms with Crippen LogP contribution in [0, 0.1) is 0 Å². The van der Waals surface area contributed by atoms with Gasteiger partial charge in [-0.15, -0.1) is 0 Å². The second kappa shape index (κ2) is 5.64. The van der Waals surface area contributed by atoms with E-state index in [0.29, 0.717) is 6.54 Å². The molecule has 8 heteroatoms. The predicted molar refractivity (Wildman–Crippen MR) is 66.5 cm³/mol. The molecule has 0 aromatic carbocycles. The third-order valence-electron chi connectivity index (χ3n) is 2.35. The van der Waals surface area contributed by atoms with Crippen molar-refractivity contribution in [2.24, 2.45) is 5.73 Å². The molecule has 0 saturated heterocycles. The van der Waals surface area contributed by atoms with Gasteiger partial charge in [-0.25, -0.2) is 9.97 Å². The molecule has 2 heterocycles. The van der Waals surface area contributed by atoms with Gasteiger partial charge in [0.05, 0.1) is 0 Å². The summed E-state index contributed by atoms with van der Waals surface area (Å²) in [7, 11) is 0. The maximum Gasteiger partial charge on any atom is 0.433 e. The molecule has 0 spiro atoms. The second-order valence-corrected chi connectivity index (χ2v) is 4.15. The van der Waals surface area contributed by atoms with Crippen LogP contribution in [0.3, 0.4) is 0 Å². The molecule has 0 aliphatic heterocycles. The van der Waals surface area contributed by atoms with Gasteiger partial charge in [-0.1, -0.05) is 17.7 Å². The number of halogens is 4. The average Bonchev–Trinajstić information content (AvgIpc) is 2.41. The number of alkyl halides is 3. The van der Waals surface area contributed by atoms with E-state index in [0.717, 1.165) is 17.7 Å². The Kier molecular flexibility index (Phi) is 4.10. The minimum Gasteiger partial charge on any atom is -0.436 e. The van der Waals surface area contributed by atoms with Crippen LogP contribution >= 0.6 is 11.6 Å². The molecule has 0 unspecified atom stereocenters. The lowest BCUT2D eigenvalue weighted by atomic mass is 10.3. The van der Waals surface area contributed by atoms with Crippen molar-refractivity contribution in [2.75, 3.05) is 0 Å². The SMILES string of the molecule is NCc1ccc(Oc2ccc(C(F)(F)F)nc2Cl)nc1. The maximum absolute atomic E-state index is 12.4. The Morgan fingerprint density at radius 2 is 1.95 bits per heavy atom. The molecule has 0 fully saturated rings. The first-order chi connectivity index (χ1) is 9.40. The third kappa shape index (κ3) is 3.37. The van der Waals surface area contributed by atoms with Crippen LogP contribution in [0.15, 0.2) is 30.5 Å². The van der Waals surface area contributed by atoms with Crippen molar-refractivity contribution in [1.82, 2.24) is 9.97 Å². The van der Waals surface area contributed by atoms with E-state index < -0.39 is 11.9 Å². The summed E-state index contributed by atoms with van der Waals surface area (Å²) in [4.78, 5) is 7.19. The lowest BCUT2D eigenvalue weighted by molar-refractivity contribution is -0.141. The van der Waals surface area contributed by atoms with E-state index >= 15 is 0 Å². The van der Waals surface area contributed by atoms with Crippen molar-refractivity contribution in [3.8, 4) is 11.6 Å². The van der Waals surface area contributed by atoms with Gasteiger partial charge in [0.15, 0.2) is 10.9 Å². The number of rotatable bonds is 3. The molecule has 20 heavy (non-hydrogen) atoms. The molecule has 106 valence electrons. The van der Waals surface area contributed by atoms with E-state index in [-0.39, 0.29) is 16.8 Å². The summed E-state index contributed by atoms with van der Waals surface area (Å²) in [6.45, 7) is 0.329. The van der Waals surface area contributed by atoms with Crippen LogP contribution in [0.4, 0.5) is 13.2 Å². The molecule has 2 rings (SSSR count). The molecule has 2 aromatic rings. The highest BCUT2D eigenvalue weighted by molar-refractivity contribution is 6.30. The second-order valence-electron chi connectivity index (χ2n) is 3.79. The smallest absolute Gasteiger partial charge is 0.433 e. The summed E-state index contributed by atoms with van der Waals surface area (Å²) in [5.41, 5.74) is 5.13. The van der Waals surface area contributed by atoms with E-state index in [2.05, 4.69) is 9.97 Å². The lowest BCUT2D eigenvalue weighted by Gasteiger charge is -2.09. The highest BCUT2D eigenvalue weighted by Crippen LogP contribution is 2.33. The highest BCUT2D eigenvalue weighted by Gasteiger charge is 2.33. The van der Waals surface area contributed by atoms with Crippen molar-refractivity contribution in [2.45, 2.75) is 12.7 Å². The van der Waals surface area contributed by atoms with Gasteiger partial charge in [-0.3, -0.25) is 0 Å². The molecule has 2 N–H and O–H groups in total. The number of hydrogen-bond acceptors (Lipinski definition) is 4. The van der Waals surface area contributed by atoms with E-state index in [1.165, 1.54) is 12.3 Å². The molecule has 0 radical (unpaired) electrons. The van der Waals surface area contributed by atoms with Crippen molar-refractivity contribution in [3.63, 3.8) is 0 Å². The van der Waals surface area contributed by atoms with Gasteiger partial charge in [0.25, 0.3) is 0 Å². The third-order valence-corrected chi connectivity index (χ3v) is 2.62. The Bertz CT molecular complexity index is 602. The van der Waals surface area contributed by atoms with Gasteiger partial charge >= 0.3 is 6.18 Å². The highest BCUT2D eigenvalue weighted by atomic mass is 35.5. The molecule has 2 aromatic heterocycles. The first kappa shape index (κ1) is 14.5. The topological polar surface area (TPSA) is 61.0 Å². The van der Waals surface area contributed by atoms with Gasteiger partial charge in [0.1, 0.15) is 5.69 Å². The number of nitrogens with zero attached hydrogens (tertiary/aromatic N) is 2. The van der Waals surface area contributed by atoms with E-state index in [1.807, 2.05) is 0 Å². The van der Waals surface area contributed by atoms with Crippen LogP contribution in [-0.2, 0) is 12.7 Å². The molecule has 0 aliphatic carbocycles. The fourth-order valence-electron chi connectivity index (χ4n) is 1.36. The molecule has 0 atom stereocenters. The van der Waals surface area contributed by atoms with Crippen LogP contribution < -0.4 is 10.5 Å². The number of hydrogen-bond donors (Lipinski definition) is 1. The Morgan fingerprint density at radius 1 is 1.20 bits per heavy atom. The van der Waals surface area contributed by atoms with Crippen molar-refractivity contribution >= 4 is 11.6 Å². The maximum atomic E-state index is 12.4. The minimum atomic E-state index is -4.55. The molecule has 0 amide bonds. The Morgan fingerprint density at radius 3 is 2.45 bits per heavy atom. The zero-order valence-electron chi connectivity index (χ0n) is 9.99.